The average Bonchev–Trinajstić information content (AvgIpc) is 3.17. The number of benzene rings is 1. The number of nitrogens with zero attached hydrogens (tertiary/aromatic N) is 4. The quantitative estimate of drug-likeness (QED) is 0.713. The number of amides is 1. The number of fused-ring (bicyclic) bond motifs is 2. The van der Waals surface area contributed by atoms with E-state index in [2.05, 4.69) is 15.5 Å². The molecule has 29 heavy (non-hydrogen) atoms. The van der Waals surface area contributed by atoms with Crippen molar-refractivity contribution >= 4 is 27.3 Å². The lowest BCUT2D eigenvalue weighted by Gasteiger charge is -2.31. The van der Waals surface area contributed by atoms with E-state index in [0.717, 1.165) is 29.9 Å². The first kappa shape index (κ1) is 18.3. The molecule has 4 heterocycles. The molecule has 0 aliphatic carbocycles. The molecule has 2 aromatic heterocycles. The molecule has 3 aromatic rings. The van der Waals surface area contributed by atoms with Gasteiger partial charge in [0.25, 0.3) is 0 Å². The van der Waals surface area contributed by atoms with Crippen molar-refractivity contribution in [2.24, 2.45) is 0 Å². The number of pyridine rings is 1. The van der Waals surface area contributed by atoms with Gasteiger partial charge >= 0.3 is 0 Å². The Bertz CT molecular complexity index is 1200. The molecule has 2 aliphatic rings. The van der Waals surface area contributed by atoms with E-state index in [4.69, 9.17) is 0 Å². The van der Waals surface area contributed by atoms with Crippen molar-refractivity contribution in [1.82, 2.24) is 18.9 Å². The Labute approximate surface area is 168 Å². The molecule has 1 unspecified atom stereocenters. The van der Waals surface area contributed by atoms with Crippen molar-refractivity contribution in [1.29, 1.82) is 0 Å². The molecule has 1 aromatic carbocycles. The van der Waals surface area contributed by atoms with Gasteiger partial charge in [-0.15, -0.1) is 10.2 Å². The van der Waals surface area contributed by atoms with Crippen molar-refractivity contribution < 1.29 is 13.2 Å². The first-order chi connectivity index (χ1) is 14.0. The molecule has 0 spiro atoms. The molecular formula is C20H21N5O3S. The number of carbonyl (C=O) groups is 1. The summed E-state index contributed by atoms with van der Waals surface area (Å²) in [6, 6.07) is 10.7. The van der Waals surface area contributed by atoms with Gasteiger partial charge < -0.3 is 5.32 Å². The van der Waals surface area contributed by atoms with E-state index in [1.165, 1.54) is 0 Å². The molecule has 5 rings (SSSR count). The van der Waals surface area contributed by atoms with Crippen LogP contribution in [0.1, 0.15) is 36.6 Å². The normalized spacial score (nSPS) is 20.4. The number of piperidine rings is 1. The van der Waals surface area contributed by atoms with Gasteiger partial charge in [-0.3, -0.25) is 9.20 Å². The van der Waals surface area contributed by atoms with Gasteiger partial charge in [0.2, 0.25) is 15.9 Å². The van der Waals surface area contributed by atoms with Crippen LogP contribution in [0.25, 0.3) is 5.65 Å². The number of aryl methyl sites for hydroxylation is 1. The summed E-state index contributed by atoms with van der Waals surface area (Å²) >= 11 is 0. The molecule has 8 nitrogen and oxygen atoms in total. The van der Waals surface area contributed by atoms with E-state index in [1.54, 1.807) is 22.5 Å². The minimum atomic E-state index is -3.62. The number of aromatic nitrogens is 3. The van der Waals surface area contributed by atoms with E-state index < -0.39 is 10.0 Å². The minimum absolute atomic E-state index is 0.00663. The second-order valence-electron chi connectivity index (χ2n) is 7.56. The second-order valence-corrected chi connectivity index (χ2v) is 9.49. The molecule has 1 fully saturated rings. The molecule has 0 radical (unpaired) electrons. The molecule has 1 amide bonds. The number of sulfonamides is 1. The third kappa shape index (κ3) is 3.20. The highest BCUT2D eigenvalue weighted by Crippen LogP contribution is 2.32. The zero-order valence-corrected chi connectivity index (χ0v) is 16.6. The minimum Gasteiger partial charge on any atom is -0.326 e. The Morgan fingerprint density at radius 3 is 2.90 bits per heavy atom. The number of hydrogen-bond acceptors (Lipinski definition) is 5. The lowest BCUT2D eigenvalue weighted by atomic mass is 9.99. The summed E-state index contributed by atoms with van der Waals surface area (Å²) in [6.07, 6.45) is 4.49. The maximum absolute atomic E-state index is 13.3. The van der Waals surface area contributed by atoms with Crippen LogP contribution in [-0.4, -0.2) is 46.3 Å². The highest BCUT2D eigenvalue weighted by atomic mass is 32.2. The van der Waals surface area contributed by atoms with Crippen molar-refractivity contribution in [3.8, 4) is 0 Å². The molecule has 150 valence electrons. The summed E-state index contributed by atoms with van der Waals surface area (Å²) < 4.78 is 30.1. The summed E-state index contributed by atoms with van der Waals surface area (Å²) in [7, 11) is -3.62. The third-order valence-corrected chi connectivity index (χ3v) is 7.56. The monoisotopic (exact) mass is 411 g/mol. The maximum Gasteiger partial charge on any atom is 0.243 e. The van der Waals surface area contributed by atoms with Crippen molar-refractivity contribution in [2.45, 2.75) is 36.5 Å². The Morgan fingerprint density at radius 2 is 2.00 bits per heavy atom. The predicted octanol–water partition coefficient (Wildman–Crippen LogP) is 2.18. The van der Waals surface area contributed by atoms with Gasteiger partial charge in [0.05, 0.1) is 4.90 Å². The van der Waals surface area contributed by atoms with Crippen LogP contribution in [0.4, 0.5) is 5.69 Å². The van der Waals surface area contributed by atoms with Crippen LogP contribution in [0.3, 0.4) is 0 Å². The van der Waals surface area contributed by atoms with Crippen molar-refractivity contribution in [3.63, 3.8) is 0 Å². The van der Waals surface area contributed by atoms with E-state index in [0.29, 0.717) is 31.6 Å². The molecule has 1 saturated heterocycles. The molecule has 2 aliphatic heterocycles. The van der Waals surface area contributed by atoms with Gasteiger partial charge in [-0.2, -0.15) is 4.31 Å². The first-order valence-electron chi connectivity index (χ1n) is 9.75. The topological polar surface area (TPSA) is 96.7 Å². The fraction of sp³-hybridized carbons (Fsp3) is 0.350. The number of anilines is 1. The number of carbonyl (C=O) groups excluding carboxylic acids is 1. The van der Waals surface area contributed by atoms with Crippen LogP contribution >= 0.6 is 0 Å². The Kier molecular flexibility index (Phi) is 4.36. The first-order valence-corrected chi connectivity index (χ1v) is 11.2. The van der Waals surface area contributed by atoms with Crippen LogP contribution in [-0.2, 0) is 21.2 Å². The molecule has 1 atom stereocenters. The summed E-state index contributed by atoms with van der Waals surface area (Å²) in [5, 5.41) is 11.3. The predicted molar refractivity (Wildman–Crippen MR) is 107 cm³/mol. The average molecular weight is 411 g/mol. The number of nitrogens with one attached hydrogen (secondary N) is 1. The zero-order chi connectivity index (χ0) is 20.0. The van der Waals surface area contributed by atoms with Crippen LogP contribution in [0.5, 0.6) is 0 Å². The lowest BCUT2D eigenvalue weighted by molar-refractivity contribution is -0.116. The van der Waals surface area contributed by atoms with Gasteiger partial charge in [-0.1, -0.05) is 6.07 Å². The Hall–Kier alpha value is -2.78. The van der Waals surface area contributed by atoms with E-state index >= 15 is 0 Å². The molecule has 1 N–H and O–H groups in total. The smallest absolute Gasteiger partial charge is 0.243 e. The summed E-state index contributed by atoms with van der Waals surface area (Å²) in [5.74, 6) is 0.758. The molecule has 0 saturated carbocycles. The Morgan fingerprint density at radius 1 is 1.10 bits per heavy atom. The van der Waals surface area contributed by atoms with Gasteiger partial charge in [0.1, 0.15) is 5.82 Å². The van der Waals surface area contributed by atoms with E-state index in [9.17, 15) is 13.2 Å². The molecular weight excluding hydrogens is 390 g/mol. The third-order valence-electron chi connectivity index (χ3n) is 5.70. The van der Waals surface area contributed by atoms with Crippen LogP contribution < -0.4 is 5.32 Å². The van der Waals surface area contributed by atoms with E-state index in [1.807, 2.05) is 28.8 Å². The highest BCUT2D eigenvalue weighted by Gasteiger charge is 2.33. The fourth-order valence-corrected chi connectivity index (χ4v) is 5.75. The van der Waals surface area contributed by atoms with Crippen molar-refractivity contribution in [2.75, 3.05) is 18.4 Å². The standard InChI is InChI=1S/C20H21N5O3S/c26-19-9-6-14-12-16(7-8-17(14)21-19)29(27,28)24-10-3-4-15(13-24)20-23-22-18-5-1-2-11-25(18)20/h1-2,5,7-8,11-12,15H,3-4,6,9-10,13H2,(H,21,26). The van der Waals surface area contributed by atoms with Gasteiger partial charge in [-0.25, -0.2) is 8.42 Å². The largest absolute Gasteiger partial charge is 0.326 e. The number of hydrogen-bond donors (Lipinski definition) is 1. The van der Waals surface area contributed by atoms with Crippen LogP contribution in [0.2, 0.25) is 0 Å². The fourth-order valence-electron chi connectivity index (χ4n) is 4.18. The maximum atomic E-state index is 13.3. The summed E-state index contributed by atoms with van der Waals surface area (Å²) in [4.78, 5) is 11.8. The lowest BCUT2D eigenvalue weighted by Crippen LogP contribution is -2.39. The Balaban J connectivity index is 1.43. The van der Waals surface area contributed by atoms with Gasteiger partial charge in [0.15, 0.2) is 5.65 Å². The zero-order valence-electron chi connectivity index (χ0n) is 15.8. The molecule has 0 bridgehead atoms. The highest BCUT2D eigenvalue weighted by molar-refractivity contribution is 7.89. The SMILES string of the molecule is O=C1CCc2cc(S(=O)(=O)N3CCCC(c4nnc5ccccn45)C3)ccc2N1. The van der Waals surface area contributed by atoms with Gasteiger partial charge in [0, 0.05) is 37.3 Å². The second kappa shape index (κ2) is 6.93. The van der Waals surface area contributed by atoms with E-state index in [-0.39, 0.29) is 16.7 Å². The number of rotatable bonds is 3. The van der Waals surface area contributed by atoms with Gasteiger partial charge in [-0.05, 0) is 55.2 Å². The summed E-state index contributed by atoms with van der Waals surface area (Å²) in [6.45, 7) is 0.870. The van der Waals surface area contributed by atoms with Crippen molar-refractivity contribution in [3.05, 3.63) is 54.0 Å². The van der Waals surface area contributed by atoms with Crippen LogP contribution in [0, 0.1) is 0 Å². The molecule has 9 heteroatoms. The van der Waals surface area contributed by atoms with Crippen LogP contribution in [0.15, 0.2) is 47.5 Å². The summed E-state index contributed by atoms with van der Waals surface area (Å²) in [5.41, 5.74) is 2.33.